The molecular formula is C36H34O12. The fraction of sp³-hybridized carbons (Fsp3) is 0.167. The molecule has 0 heterocycles. The molecule has 12 heteroatoms. The smallest absolute Gasteiger partial charge is 0.200 e. The summed E-state index contributed by atoms with van der Waals surface area (Å²) in [5.41, 5.74) is 1.67. The molecule has 0 aliphatic rings. The molecule has 2 unspecified atom stereocenters. The summed E-state index contributed by atoms with van der Waals surface area (Å²) in [5, 5.41) is 124. The number of rotatable bonds is 8. The maximum absolute atomic E-state index is 10.8. The number of hydrogen-bond donors (Lipinski definition) is 12. The predicted octanol–water partition coefficient (Wildman–Crippen LogP) is 6.03. The monoisotopic (exact) mass is 658 g/mol. The third kappa shape index (κ3) is 5.53. The molecule has 5 aromatic rings. The molecule has 5 aromatic carbocycles. The second-order valence-electron chi connectivity index (χ2n) is 11.7. The van der Waals surface area contributed by atoms with Gasteiger partial charge in [-0.1, -0.05) is 62.4 Å². The zero-order chi connectivity index (χ0) is 35.2. The topological polar surface area (TPSA) is 243 Å². The molecule has 0 aromatic heterocycles. The van der Waals surface area contributed by atoms with Gasteiger partial charge in [-0.3, -0.25) is 0 Å². The molecule has 0 spiro atoms. The minimum absolute atomic E-state index is 0.0981. The van der Waals surface area contributed by atoms with Crippen molar-refractivity contribution in [3.63, 3.8) is 0 Å². The Labute approximate surface area is 273 Å². The van der Waals surface area contributed by atoms with Crippen molar-refractivity contribution in [2.45, 2.75) is 37.5 Å². The summed E-state index contributed by atoms with van der Waals surface area (Å²) in [5.74, 6) is -11.1. The number of aromatic hydroxyl groups is 12. The Kier molecular flexibility index (Phi) is 8.60. The van der Waals surface area contributed by atoms with Crippen LogP contribution in [0.15, 0.2) is 72.8 Å². The van der Waals surface area contributed by atoms with Crippen LogP contribution < -0.4 is 0 Å². The van der Waals surface area contributed by atoms with Crippen LogP contribution >= 0.6 is 0 Å². The lowest BCUT2D eigenvalue weighted by molar-refractivity contribution is 0.356. The maximum Gasteiger partial charge on any atom is 0.200 e. The predicted molar refractivity (Wildman–Crippen MR) is 173 cm³/mol. The second kappa shape index (κ2) is 12.5. The molecule has 0 aliphatic heterocycles. The summed E-state index contributed by atoms with van der Waals surface area (Å²) < 4.78 is 0. The largest absolute Gasteiger partial charge is 0.504 e. The number of benzene rings is 5. The molecule has 0 fully saturated rings. The van der Waals surface area contributed by atoms with E-state index in [0.717, 1.165) is 0 Å². The van der Waals surface area contributed by atoms with Crippen LogP contribution in [0.4, 0.5) is 0 Å². The highest BCUT2D eigenvalue weighted by atomic mass is 16.3. The lowest BCUT2D eigenvalue weighted by Crippen LogP contribution is -2.13. The Morgan fingerprint density at radius 3 is 0.708 bits per heavy atom. The third-order valence-corrected chi connectivity index (χ3v) is 8.97. The molecule has 12 N–H and O–H groups in total. The van der Waals surface area contributed by atoms with Crippen molar-refractivity contribution in [1.29, 1.82) is 0 Å². The second-order valence-corrected chi connectivity index (χ2v) is 11.7. The van der Waals surface area contributed by atoms with E-state index in [1.807, 2.05) is 0 Å². The van der Waals surface area contributed by atoms with E-state index < -0.39 is 92.7 Å². The first-order valence-corrected chi connectivity index (χ1v) is 14.7. The first kappa shape index (κ1) is 33.1. The summed E-state index contributed by atoms with van der Waals surface area (Å²) in [7, 11) is 0. The van der Waals surface area contributed by atoms with E-state index in [1.165, 1.54) is 48.5 Å². The lowest BCUT2D eigenvalue weighted by Gasteiger charge is -2.29. The molecule has 48 heavy (non-hydrogen) atoms. The highest BCUT2D eigenvalue weighted by Gasteiger charge is 2.33. The van der Waals surface area contributed by atoms with Gasteiger partial charge < -0.3 is 61.3 Å². The summed E-state index contributed by atoms with van der Waals surface area (Å²) in [6.07, 6.45) is 0. The molecular weight excluding hydrogens is 624 g/mol. The van der Waals surface area contributed by atoms with E-state index in [9.17, 15) is 61.3 Å². The van der Waals surface area contributed by atoms with Crippen LogP contribution in [0.5, 0.6) is 69.0 Å². The highest BCUT2D eigenvalue weighted by molar-refractivity contribution is 5.63. The van der Waals surface area contributed by atoms with Gasteiger partial charge in [0.05, 0.1) is 0 Å². The molecule has 250 valence electrons. The fourth-order valence-corrected chi connectivity index (χ4v) is 6.24. The van der Waals surface area contributed by atoms with Gasteiger partial charge in [0.15, 0.2) is 46.0 Å². The van der Waals surface area contributed by atoms with E-state index in [4.69, 9.17) is 0 Å². The van der Waals surface area contributed by atoms with Crippen molar-refractivity contribution >= 4 is 0 Å². The van der Waals surface area contributed by atoms with E-state index in [-0.39, 0.29) is 22.3 Å². The van der Waals surface area contributed by atoms with E-state index in [1.54, 1.807) is 38.1 Å². The molecule has 0 saturated heterocycles. The van der Waals surface area contributed by atoms with Crippen LogP contribution in [-0.2, 0) is 0 Å². The summed E-state index contributed by atoms with van der Waals surface area (Å²) >= 11 is 0. The normalized spacial score (nSPS) is 12.8. The Morgan fingerprint density at radius 2 is 0.500 bits per heavy atom. The van der Waals surface area contributed by atoms with Crippen molar-refractivity contribution in [3.05, 3.63) is 106 Å². The molecule has 2 atom stereocenters. The van der Waals surface area contributed by atoms with Gasteiger partial charge in [-0.2, -0.15) is 0 Å². The van der Waals surface area contributed by atoms with Gasteiger partial charge in [0, 0.05) is 34.1 Å². The van der Waals surface area contributed by atoms with E-state index in [0.29, 0.717) is 11.1 Å². The minimum Gasteiger partial charge on any atom is -0.504 e. The third-order valence-electron chi connectivity index (χ3n) is 8.97. The molecule has 12 nitrogen and oxygen atoms in total. The standard InChI is InChI=1S/C36H34O12/c1-15(27(19-7-11-23(37)33(45)29(19)41)20-8-12-24(38)34(46)30(20)42)17-3-5-18(6-4-17)16(2)28(21-9-13-25(39)35(47)31(21)43)22-10-14-26(40)36(48)32(22)44/h3-16,27-28,37-48H,1-2H3. The Bertz CT molecular complexity index is 1750. The van der Waals surface area contributed by atoms with Gasteiger partial charge in [0.1, 0.15) is 0 Å². The van der Waals surface area contributed by atoms with Gasteiger partial charge in [-0.25, -0.2) is 0 Å². The van der Waals surface area contributed by atoms with Crippen molar-refractivity contribution in [3.8, 4) is 69.0 Å². The summed E-state index contributed by atoms with van der Waals surface area (Å²) in [4.78, 5) is 0. The minimum atomic E-state index is -0.937. The van der Waals surface area contributed by atoms with E-state index in [2.05, 4.69) is 0 Å². The van der Waals surface area contributed by atoms with Gasteiger partial charge in [0.25, 0.3) is 0 Å². The maximum atomic E-state index is 10.8. The SMILES string of the molecule is CC(c1ccc(C(C)C(c2ccc(O)c(O)c2O)c2ccc(O)c(O)c2O)cc1)C(c1ccc(O)c(O)c1O)c1ccc(O)c(O)c1O. The zero-order valence-electron chi connectivity index (χ0n) is 25.6. The van der Waals surface area contributed by atoms with Crippen LogP contribution in [0.3, 0.4) is 0 Å². The average molecular weight is 659 g/mol. The van der Waals surface area contributed by atoms with Crippen LogP contribution in [0.2, 0.25) is 0 Å². The molecule has 5 rings (SSSR count). The van der Waals surface area contributed by atoms with Crippen molar-refractivity contribution in [2.24, 2.45) is 0 Å². The molecule has 0 bridgehead atoms. The highest BCUT2D eigenvalue weighted by Crippen LogP contribution is 2.53. The van der Waals surface area contributed by atoms with Crippen molar-refractivity contribution in [2.75, 3.05) is 0 Å². The van der Waals surface area contributed by atoms with Crippen molar-refractivity contribution < 1.29 is 61.3 Å². The Balaban J connectivity index is 1.61. The molecule has 0 aliphatic carbocycles. The number of phenolic OH excluding ortho intramolecular Hbond substituents is 12. The molecule has 0 saturated carbocycles. The van der Waals surface area contributed by atoms with Crippen LogP contribution in [-0.4, -0.2) is 61.3 Å². The van der Waals surface area contributed by atoms with Gasteiger partial charge in [-0.15, -0.1) is 0 Å². The van der Waals surface area contributed by atoms with E-state index >= 15 is 0 Å². The van der Waals surface area contributed by atoms with Crippen molar-refractivity contribution in [1.82, 2.24) is 0 Å². The van der Waals surface area contributed by atoms with Crippen LogP contribution in [0.1, 0.15) is 70.9 Å². The fourth-order valence-electron chi connectivity index (χ4n) is 6.24. The molecule has 0 radical (unpaired) electrons. The van der Waals surface area contributed by atoms with Crippen LogP contribution in [0, 0.1) is 0 Å². The zero-order valence-corrected chi connectivity index (χ0v) is 25.6. The van der Waals surface area contributed by atoms with Gasteiger partial charge in [0.2, 0.25) is 23.0 Å². The first-order chi connectivity index (χ1) is 22.6. The Morgan fingerprint density at radius 1 is 0.292 bits per heavy atom. The van der Waals surface area contributed by atoms with Gasteiger partial charge >= 0.3 is 0 Å². The van der Waals surface area contributed by atoms with Gasteiger partial charge in [-0.05, 0) is 47.2 Å². The lowest BCUT2D eigenvalue weighted by atomic mass is 9.75. The average Bonchev–Trinajstić information content (AvgIpc) is 3.07. The summed E-state index contributed by atoms with van der Waals surface area (Å²) in [6.45, 7) is 3.51. The molecule has 0 amide bonds. The quantitative estimate of drug-likeness (QED) is 0.0856. The number of phenols is 12. The summed E-state index contributed by atoms with van der Waals surface area (Å²) in [6, 6.07) is 17.0. The Hall–Kier alpha value is -6.30. The number of hydrogen-bond acceptors (Lipinski definition) is 12. The first-order valence-electron chi connectivity index (χ1n) is 14.7. The van der Waals surface area contributed by atoms with Crippen LogP contribution in [0.25, 0.3) is 0 Å².